The Labute approximate surface area is 199 Å². The SMILES string of the molecule is Cc1ccc(C(=O)CCCC(CC(=O)c2ccc(-c3ccc(Cl)cc3)cc2)C(=O)O)cc1C. The van der Waals surface area contributed by atoms with Crippen molar-refractivity contribution in [1.29, 1.82) is 0 Å². The Morgan fingerprint density at radius 1 is 0.788 bits per heavy atom. The number of carbonyl (C=O) groups excluding carboxylic acids is 2. The van der Waals surface area contributed by atoms with Crippen LogP contribution in [0.1, 0.15) is 57.5 Å². The van der Waals surface area contributed by atoms with Crippen molar-refractivity contribution in [2.24, 2.45) is 5.92 Å². The summed E-state index contributed by atoms with van der Waals surface area (Å²) >= 11 is 5.92. The molecule has 0 bridgehead atoms. The van der Waals surface area contributed by atoms with Crippen molar-refractivity contribution in [3.63, 3.8) is 0 Å². The van der Waals surface area contributed by atoms with Crippen LogP contribution in [0, 0.1) is 19.8 Å². The fourth-order valence-electron chi connectivity index (χ4n) is 3.71. The zero-order chi connectivity index (χ0) is 24.0. The first-order chi connectivity index (χ1) is 15.7. The zero-order valence-electron chi connectivity index (χ0n) is 18.8. The lowest BCUT2D eigenvalue weighted by molar-refractivity contribution is -0.141. The Hall–Kier alpha value is -3.24. The van der Waals surface area contributed by atoms with Gasteiger partial charge < -0.3 is 5.11 Å². The maximum Gasteiger partial charge on any atom is 0.306 e. The third-order valence-electron chi connectivity index (χ3n) is 5.95. The minimum absolute atomic E-state index is 0.00801. The topological polar surface area (TPSA) is 71.4 Å². The quantitative estimate of drug-likeness (QED) is 0.331. The molecule has 0 saturated heterocycles. The van der Waals surface area contributed by atoms with Gasteiger partial charge in [-0.1, -0.05) is 60.1 Å². The Kier molecular flexibility index (Phi) is 8.18. The lowest BCUT2D eigenvalue weighted by atomic mass is 9.91. The van der Waals surface area contributed by atoms with Gasteiger partial charge in [-0.3, -0.25) is 14.4 Å². The van der Waals surface area contributed by atoms with Gasteiger partial charge in [0.2, 0.25) is 0 Å². The third kappa shape index (κ3) is 6.62. The maximum absolute atomic E-state index is 12.7. The van der Waals surface area contributed by atoms with Crippen LogP contribution < -0.4 is 0 Å². The molecule has 1 unspecified atom stereocenters. The van der Waals surface area contributed by atoms with Crippen LogP contribution in [0.2, 0.25) is 5.02 Å². The second-order valence-electron chi connectivity index (χ2n) is 8.36. The summed E-state index contributed by atoms with van der Waals surface area (Å²) in [6.07, 6.45) is 0.871. The highest BCUT2D eigenvalue weighted by molar-refractivity contribution is 6.30. The molecule has 0 amide bonds. The van der Waals surface area contributed by atoms with Gasteiger partial charge in [0.05, 0.1) is 5.92 Å². The molecule has 0 aliphatic heterocycles. The number of aryl methyl sites for hydroxylation is 2. The molecule has 3 aromatic rings. The Balaban J connectivity index is 1.57. The Morgan fingerprint density at radius 3 is 1.94 bits per heavy atom. The van der Waals surface area contributed by atoms with Crippen LogP contribution in [-0.2, 0) is 4.79 Å². The summed E-state index contributed by atoms with van der Waals surface area (Å²) in [5, 5.41) is 10.2. The number of hydrogen-bond acceptors (Lipinski definition) is 3. The summed E-state index contributed by atoms with van der Waals surface area (Å²) in [5.74, 6) is -2.06. The predicted octanol–water partition coefficient (Wildman–Crippen LogP) is 6.95. The number of ketones is 2. The summed E-state index contributed by atoms with van der Waals surface area (Å²) < 4.78 is 0. The molecule has 0 aromatic heterocycles. The minimum atomic E-state index is -1.01. The van der Waals surface area contributed by atoms with E-state index in [9.17, 15) is 19.5 Å². The molecule has 5 heteroatoms. The van der Waals surface area contributed by atoms with Gasteiger partial charge in [0, 0.05) is 29.0 Å². The predicted molar refractivity (Wildman–Crippen MR) is 131 cm³/mol. The average molecular weight is 463 g/mol. The number of carboxylic acids is 1. The normalized spacial score (nSPS) is 11.7. The molecule has 0 saturated carbocycles. The van der Waals surface area contributed by atoms with E-state index in [1.54, 1.807) is 30.3 Å². The van der Waals surface area contributed by atoms with Gasteiger partial charge in [-0.05, 0) is 67.1 Å². The monoisotopic (exact) mass is 462 g/mol. The standard InChI is InChI=1S/C28H27ClO4/c1-18-6-7-23(16-19(18)2)26(30)5-3-4-24(28(32)33)17-27(31)22-10-8-20(9-11-22)21-12-14-25(29)15-13-21/h6-16,24H,3-5,17H2,1-2H3,(H,32,33). The van der Waals surface area contributed by atoms with Crippen molar-refractivity contribution in [1.82, 2.24) is 0 Å². The van der Waals surface area contributed by atoms with E-state index in [2.05, 4.69) is 0 Å². The van der Waals surface area contributed by atoms with E-state index >= 15 is 0 Å². The highest BCUT2D eigenvalue weighted by Gasteiger charge is 2.22. The molecule has 1 N–H and O–H groups in total. The van der Waals surface area contributed by atoms with Crippen LogP contribution in [-0.4, -0.2) is 22.6 Å². The molecule has 1 atom stereocenters. The van der Waals surface area contributed by atoms with Crippen LogP contribution >= 0.6 is 11.6 Å². The molecule has 0 fully saturated rings. The molecule has 4 nitrogen and oxygen atoms in total. The van der Waals surface area contributed by atoms with Crippen molar-refractivity contribution in [3.05, 3.63) is 94.0 Å². The summed E-state index contributed by atoms with van der Waals surface area (Å²) in [6, 6.07) is 20.1. The Bertz CT molecular complexity index is 1150. The summed E-state index contributed by atoms with van der Waals surface area (Å²) in [4.78, 5) is 36.9. The fourth-order valence-corrected chi connectivity index (χ4v) is 3.84. The molecule has 0 aliphatic carbocycles. The summed E-state index contributed by atoms with van der Waals surface area (Å²) in [7, 11) is 0. The molecule has 0 aliphatic rings. The first kappa shape index (κ1) is 24.4. The van der Waals surface area contributed by atoms with E-state index in [0.29, 0.717) is 22.6 Å². The minimum Gasteiger partial charge on any atom is -0.481 e. The van der Waals surface area contributed by atoms with Crippen molar-refractivity contribution >= 4 is 29.1 Å². The zero-order valence-corrected chi connectivity index (χ0v) is 19.6. The second kappa shape index (κ2) is 11.1. The van der Waals surface area contributed by atoms with Crippen molar-refractivity contribution in [2.75, 3.05) is 0 Å². The second-order valence-corrected chi connectivity index (χ2v) is 8.80. The Morgan fingerprint density at radius 2 is 1.36 bits per heavy atom. The lowest BCUT2D eigenvalue weighted by Gasteiger charge is -2.12. The molecule has 33 heavy (non-hydrogen) atoms. The smallest absolute Gasteiger partial charge is 0.306 e. The van der Waals surface area contributed by atoms with E-state index in [-0.39, 0.29) is 30.8 Å². The van der Waals surface area contributed by atoms with Crippen LogP contribution in [0.15, 0.2) is 66.7 Å². The number of aliphatic carboxylic acids is 1. The van der Waals surface area contributed by atoms with Gasteiger partial charge in [-0.2, -0.15) is 0 Å². The van der Waals surface area contributed by atoms with Crippen LogP contribution in [0.25, 0.3) is 11.1 Å². The molecule has 0 radical (unpaired) electrons. The average Bonchev–Trinajstić information content (AvgIpc) is 2.80. The molecule has 170 valence electrons. The number of rotatable bonds is 10. The highest BCUT2D eigenvalue weighted by atomic mass is 35.5. The highest BCUT2D eigenvalue weighted by Crippen LogP contribution is 2.24. The number of Topliss-reactive ketones (excluding diaryl/α,β-unsaturated/α-hetero) is 2. The van der Waals surface area contributed by atoms with Crippen molar-refractivity contribution < 1.29 is 19.5 Å². The van der Waals surface area contributed by atoms with Crippen LogP contribution in [0.5, 0.6) is 0 Å². The number of carboxylic acid groups (broad SMARTS) is 1. The van der Waals surface area contributed by atoms with E-state index in [0.717, 1.165) is 22.3 Å². The first-order valence-electron chi connectivity index (χ1n) is 11.0. The fraction of sp³-hybridized carbons (Fsp3) is 0.250. The van der Waals surface area contributed by atoms with E-state index in [4.69, 9.17) is 11.6 Å². The molecule has 0 spiro atoms. The van der Waals surface area contributed by atoms with Gasteiger partial charge in [-0.25, -0.2) is 0 Å². The molecular formula is C28H27ClO4. The summed E-state index contributed by atoms with van der Waals surface area (Å²) in [6.45, 7) is 3.95. The van der Waals surface area contributed by atoms with Gasteiger partial charge in [0.15, 0.2) is 11.6 Å². The number of hydrogen-bond donors (Lipinski definition) is 1. The lowest BCUT2D eigenvalue weighted by Crippen LogP contribution is -2.18. The molecule has 3 rings (SSSR count). The van der Waals surface area contributed by atoms with E-state index in [1.165, 1.54) is 0 Å². The summed E-state index contributed by atoms with van der Waals surface area (Å²) in [5.41, 5.74) is 5.22. The molecule has 3 aromatic carbocycles. The third-order valence-corrected chi connectivity index (χ3v) is 6.20. The van der Waals surface area contributed by atoms with Crippen LogP contribution in [0.3, 0.4) is 0 Å². The van der Waals surface area contributed by atoms with Gasteiger partial charge in [-0.15, -0.1) is 0 Å². The van der Waals surface area contributed by atoms with Gasteiger partial charge in [0.25, 0.3) is 0 Å². The number of halogens is 1. The maximum atomic E-state index is 12.7. The van der Waals surface area contributed by atoms with Crippen molar-refractivity contribution in [3.8, 4) is 11.1 Å². The first-order valence-corrected chi connectivity index (χ1v) is 11.3. The molecule has 0 heterocycles. The van der Waals surface area contributed by atoms with E-state index < -0.39 is 11.9 Å². The van der Waals surface area contributed by atoms with Gasteiger partial charge in [0.1, 0.15) is 0 Å². The largest absolute Gasteiger partial charge is 0.481 e. The molecular weight excluding hydrogens is 436 g/mol. The van der Waals surface area contributed by atoms with E-state index in [1.807, 2.05) is 50.2 Å². The van der Waals surface area contributed by atoms with Crippen molar-refractivity contribution in [2.45, 2.75) is 39.5 Å². The van der Waals surface area contributed by atoms with Crippen LogP contribution in [0.4, 0.5) is 0 Å². The van der Waals surface area contributed by atoms with Gasteiger partial charge >= 0.3 is 5.97 Å². The number of carbonyl (C=O) groups is 3. The number of benzene rings is 3.